The Labute approximate surface area is 176 Å². The topological polar surface area (TPSA) is 101 Å². The molecule has 3 N–H and O–H groups in total. The second kappa shape index (κ2) is 9.96. The van der Waals surface area contributed by atoms with Crippen molar-refractivity contribution in [2.24, 2.45) is 5.16 Å². The van der Waals surface area contributed by atoms with E-state index in [9.17, 15) is 13.2 Å². The summed E-state index contributed by atoms with van der Waals surface area (Å²) in [5.41, 5.74) is 6.62. The van der Waals surface area contributed by atoms with Crippen molar-refractivity contribution in [1.82, 2.24) is 10.1 Å². The molecule has 0 saturated heterocycles. The molecule has 0 aliphatic carbocycles. The molecule has 1 aromatic carbocycles. The van der Waals surface area contributed by atoms with E-state index in [1.807, 2.05) is 0 Å². The number of rotatable bonds is 8. The molecular formula is C21H22F3N6O+. The highest BCUT2D eigenvalue weighted by Crippen LogP contribution is 2.23. The number of oxime groups is 1. The van der Waals surface area contributed by atoms with Gasteiger partial charge in [0.1, 0.15) is 29.6 Å². The number of anilines is 1. The number of nitrogens with one attached hydrogen (secondary N) is 1. The molecule has 0 radical (unpaired) electrons. The zero-order valence-corrected chi connectivity index (χ0v) is 16.9. The molecule has 31 heavy (non-hydrogen) atoms. The van der Waals surface area contributed by atoms with E-state index in [0.29, 0.717) is 24.2 Å². The monoisotopic (exact) mass is 431 g/mol. The van der Waals surface area contributed by atoms with Gasteiger partial charge in [0, 0.05) is 29.3 Å². The molecular weight excluding hydrogens is 409 g/mol. The van der Waals surface area contributed by atoms with E-state index in [0.717, 1.165) is 10.7 Å². The van der Waals surface area contributed by atoms with E-state index in [1.165, 1.54) is 18.3 Å². The van der Waals surface area contributed by atoms with Gasteiger partial charge in [-0.1, -0.05) is 5.16 Å². The van der Waals surface area contributed by atoms with Crippen LogP contribution in [0.1, 0.15) is 31.0 Å². The lowest BCUT2D eigenvalue weighted by Gasteiger charge is -2.09. The zero-order valence-electron chi connectivity index (χ0n) is 16.9. The highest BCUT2D eigenvalue weighted by atomic mass is 19.1. The minimum Gasteiger partial charge on any atom is -0.396 e. The molecule has 0 spiro atoms. The highest BCUT2D eigenvalue weighted by Gasteiger charge is 2.21. The molecule has 0 saturated carbocycles. The molecule has 162 valence electrons. The SMILES string of the molecule is C/C(=N\OCCCCF)c1ccc(N)[n+](C(=N)Cc2c(F)cc3ncccc3c2F)n1. The van der Waals surface area contributed by atoms with Crippen molar-refractivity contribution in [2.75, 3.05) is 19.0 Å². The van der Waals surface area contributed by atoms with E-state index < -0.39 is 18.3 Å². The van der Waals surface area contributed by atoms with Crippen molar-refractivity contribution < 1.29 is 22.7 Å². The number of hydrogen-bond donors (Lipinski definition) is 2. The lowest BCUT2D eigenvalue weighted by atomic mass is 10.1. The van der Waals surface area contributed by atoms with E-state index >= 15 is 0 Å². The van der Waals surface area contributed by atoms with Gasteiger partial charge in [-0.15, -0.1) is 9.78 Å². The van der Waals surface area contributed by atoms with Crippen molar-refractivity contribution >= 4 is 28.3 Å². The third-order valence-corrected chi connectivity index (χ3v) is 4.55. The maximum Gasteiger partial charge on any atom is 0.259 e. The van der Waals surface area contributed by atoms with Crippen LogP contribution in [0.3, 0.4) is 0 Å². The van der Waals surface area contributed by atoms with Gasteiger partial charge in [0.05, 0.1) is 18.6 Å². The number of nitrogens with two attached hydrogens (primary N) is 1. The summed E-state index contributed by atoms with van der Waals surface area (Å²) >= 11 is 0. The first-order chi connectivity index (χ1) is 14.9. The fourth-order valence-corrected chi connectivity index (χ4v) is 2.89. The van der Waals surface area contributed by atoms with Gasteiger partial charge in [0.25, 0.3) is 5.84 Å². The van der Waals surface area contributed by atoms with Crippen LogP contribution in [0.25, 0.3) is 10.9 Å². The molecule has 0 aliphatic heterocycles. The summed E-state index contributed by atoms with van der Waals surface area (Å²) in [5.74, 6) is -1.68. The highest BCUT2D eigenvalue weighted by molar-refractivity contribution is 5.96. The normalized spacial score (nSPS) is 11.7. The predicted molar refractivity (Wildman–Crippen MR) is 111 cm³/mol. The molecule has 0 amide bonds. The first-order valence-corrected chi connectivity index (χ1v) is 9.63. The Morgan fingerprint density at radius 2 is 2.06 bits per heavy atom. The molecule has 0 bridgehead atoms. The van der Waals surface area contributed by atoms with Crippen LogP contribution in [0.15, 0.2) is 41.7 Å². The number of benzene rings is 1. The third kappa shape index (κ3) is 5.14. The molecule has 2 aromatic heterocycles. The van der Waals surface area contributed by atoms with Crippen molar-refractivity contribution in [3.63, 3.8) is 0 Å². The maximum absolute atomic E-state index is 14.8. The van der Waals surface area contributed by atoms with Crippen molar-refractivity contribution in [3.05, 3.63) is 59.4 Å². The van der Waals surface area contributed by atoms with Crippen LogP contribution >= 0.6 is 0 Å². The number of aromatic nitrogens is 3. The Bertz CT molecular complexity index is 1140. The molecule has 7 nitrogen and oxygen atoms in total. The first kappa shape index (κ1) is 22.1. The van der Waals surface area contributed by atoms with Gasteiger partial charge < -0.3 is 10.6 Å². The van der Waals surface area contributed by atoms with E-state index in [-0.39, 0.29) is 41.1 Å². The minimum absolute atomic E-state index is 0.119. The van der Waals surface area contributed by atoms with Gasteiger partial charge in [-0.3, -0.25) is 9.37 Å². The predicted octanol–water partition coefficient (Wildman–Crippen LogP) is 3.34. The summed E-state index contributed by atoms with van der Waals surface area (Å²) < 4.78 is 42.5. The lowest BCUT2D eigenvalue weighted by Crippen LogP contribution is -2.50. The van der Waals surface area contributed by atoms with Gasteiger partial charge >= 0.3 is 0 Å². The van der Waals surface area contributed by atoms with Crippen LogP contribution in [0.4, 0.5) is 19.0 Å². The Hall–Kier alpha value is -3.56. The quantitative estimate of drug-likeness (QED) is 0.188. The van der Waals surface area contributed by atoms with E-state index in [4.69, 9.17) is 16.0 Å². The minimum atomic E-state index is -0.803. The second-order valence-electron chi connectivity index (χ2n) is 6.81. The first-order valence-electron chi connectivity index (χ1n) is 9.63. The molecule has 0 aliphatic rings. The molecule has 0 fully saturated rings. The number of unbranched alkanes of at least 4 members (excludes halogenated alkanes) is 1. The standard InChI is InChI=1S/C21H21F3N6O/c1-13(29-31-10-3-2-8-22)17-6-7-19(25)30(28-17)20(26)11-15-16(23)12-18-14(21(15)24)5-4-9-27-18/h4-7,9,12,25-26H,2-3,8,10-11H2,1H3/p+1/b26-20?,29-13+. The fraction of sp³-hybridized carbons (Fsp3) is 0.286. The van der Waals surface area contributed by atoms with Gasteiger partial charge in [-0.2, -0.15) is 5.41 Å². The van der Waals surface area contributed by atoms with Crippen LogP contribution < -0.4 is 10.4 Å². The number of alkyl halides is 1. The summed E-state index contributed by atoms with van der Waals surface area (Å²) in [6.07, 6.45) is 2.00. The van der Waals surface area contributed by atoms with E-state index in [1.54, 1.807) is 19.1 Å². The Kier molecular flexibility index (Phi) is 7.11. The number of pyridine rings is 1. The van der Waals surface area contributed by atoms with Crippen LogP contribution in [0.5, 0.6) is 0 Å². The van der Waals surface area contributed by atoms with Crippen LogP contribution in [-0.2, 0) is 11.3 Å². The molecule has 10 heteroatoms. The largest absolute Gasteiger partial charge is 0.396 e. The Morgan fingerprint density at radius 1 is 1.26 bits per heavy atom. The van der Waals surface area contributed by atoms with Crippen molar-refractivity contribution in [1.29, 1.82) is 5.41 Å². The fourth-order valence-electron chi connectivity index (χ4n) is 2.89. The Balaban J connectivity index is 1.83. The number of nitrogens with zero attached hydrogens (tertiary/aromatic N) is 4. The Morgan fingerprint density at radius 3 is 2.84 bits per heavy atom. The van der Waals surface area contributed by atoms with Crippen molar-refractivity contribution in [3.8, 4) is 0 Å². The van der Waals surface area contributed by atoms with Gasteiger partial charge in [0.2, 0.25) is 5.82 Å². The summed E-state index contributed by atoms with van der Waals surface area (Å²) in [5, 5.41) is 16.7. The van der Waals surface area contributed by atoms with E-state index in [2.05, 4.69) is 15.2 Å². The summed E-state index contributed by atoms with van der Waals surface area (Å²) in [7, 11) is 0. The van der Waals surface area contributed by atoms with Crippen LogP contribution in [-0.4, -0.2) is 34.9 Å². The smallest absolute Gasteiger partial charge is 0.259 e. The van der Waals surface area contributed by atoms with Crippen LogP contribution in [0.2, 0.25) is 0 Å². The van der Waals surface area contributed by atoms with Crippen LogP contribution in [0, 0.1) is 17.0 Å². The number of fused-ring (bicyclic) bond motifs is 1. The van der Waals surface area contributed by atoms with Gasteiger partial charge in [-0.05, 0) is 38.0 Å². The lowest BCUT2D eigenvalue weighted by molar-refractivity contribution is -0.610. The molecule has 2 heterocycles. The summed E-state index contributed by atoms with van der Waals surface area (Å²) in [4.78, 5) is 9.08. The summed E-state index contributed by atoms with van der Waals surface area (Å²) in [6, 6.07) is 7.29. The number of hydrogen-bond acceptors (Lipinski definition) is 6. The number of nitrogen functional groups attached to an aromatic ring is 1. The molecule has 0 unspecified atom stereocenters. The molecule has 3 aromatic rings. The van der Waals surface area contributed by atoms with Gasteiger partial charge in [-0.25, -0.2) is 8.78 Å². The average Bonchev–Trinajstić information content (AvgIpc) is 2.76. The summed E-state index contributed by atoms with van der Waals surface area (Å²) in [6.45, 7) is 1.50. The van der Waals surface area contributed by atoms with Crippen molar-refractivity contribution in [2.45, 2.75) is 26.2 Å². The second-order valence-corrected chi connectivity index (χ2v) is 6.81. The maximum atomic E-state index is 14.8. The third-order valence-electron chi connectivity index (χ3n) is 4.55. The number of halogens is 3. The van der Waals surface area contributed by atoms with Gasteiger partial charge in [0.15, 0.2) is 0 Å². The average molecular weight is 431 g/mol. The molecule has 3 rings (SSSR count). The zero-order chi connectivity index (χ0) is 22.4. The molecule has 0 atom stereocenters.